The van der Waals surface area contributed by atoms with E-state index in [-0.39, 0.29) is 11.6 Å². The van der Waals surface area contributed by atoms with Crippen LogP contribution < -0.4 is 9.80 Å². The molecule has 3 heterocycles. The van der Waals surface area contributed by atoms with E-state index in [9.17, 15) is 22.8 Å². The number of alkyl halides is 3. The molecule has 0 aliphatic carbocycles. The Morgan fingerprint density at radius 1 is 1.09 bits per heavy atom. The molecular formula is C23H22F3N3O3S. The van der Waals surface area contributed by atoms with Crippen molar-refractivity contribution in [2.24, 2.45) is 0 Å². The molecule has 2 aromatic rings. The normalized spacial score (nSPS) is 25.9. The molecule has 3 aliphatic heterocycles. The van der Waals surface area contributed by atoms with E-state index in [1.54, 1.807) is 24.0 Å². The number of anilines is 2. The van der Waals surface area contributed by atoms with Gasteiger partial charge in [-0.25, -0.2) is 0 Å². The Balaban J connectivity index is 1.62. The summed E-state index contributed by atoms with van der Waals surface area (Å²) in [6.45, 7) is 4.46. The Hall–Kier alpha value is -2.56. The second-order valence-electron chi connectivity index (χ2n) is 8.25. The number of nitrogens with zero attached hydrogens (tertiary/aromatic N) is 3. The van der Waals surface area contributed by atoms with E-state index in [0.717, 1.165) is 12.1 Å². The van der Waals surface area contributed by atoms with Gasteiger partial charge >= 0.3 is 6.18 Å². The third-order valence-corrected chi connectivity index (χ3v) is 7.68. The highest BCUT2D eigenvalue weighted by atomic mass is 32.2. The lowest BCUT2D eigenvalue weighted by Crippen LogP contribution is -2.52. The molecule has 2 aromatic carbocycles. The Bertz CT molecular complexity index is 1110. The molecule has 174 valence electrons. The minimum absolute atomic E-state index is 0.0584. The summed E-state index contributed by atoms with van der Waals surface area (Å²) >= 11 is 1.18. The van der Waals surface area contributed by atoms with Crippen LogP contribution in [0.2, 0.25) is 0 Å². The quantitative estimate of drug-likeness (QED) is 0.676. The number of amides is 2. The van der Waals surface area contributed by atoms with E-state index in [2.05, 4.69) is 4.90 Å². The number of ether oxygens (including phenoxy) is 1. The van der Waals surface area contributed by atoms with Crippen LogP contribution in [0.25, 0.3) is 0 Å². The smallest absolute Gasteiger partial charge is 0.379 e. The molecule has 0 bridgehead atoms. The summed E-state index contributed by atoms with van der Waals surface area (Å²) in [4.78, 5) is 30.9. The predicted octanol–water partition coefficient (Wildman–Crippen LogP) is 3.66. The summed E-state index contributed by atoms with van der Waals surface area (Å²) in [6.07, 6.45) is -4.56. The molecule has 0 radical (unpaired) electrons. The van der Waals surface area contributed by atoms with Crippen LogP contribution in [0.4, 0.5) is 24.5 Å². The number of carbonyl (C=O) groups is 2. The van der Waals surface area contributed by atoms with Crippen LogP contribution in [0.3, 0.4) is 0 Å². The molecule has 2 fully saturated rings. The van der Waals surface area contributed by atoms with Gasteiger partial charge in [-0.2, -0.15) is 13.2 Å². The van der Waals surface area contributed by atoms with Gasteiger partial charge in [0.05, 0.1) is 36.4 Å². The van der Waals surface area contributed by atoms with E-state index < -0.39 is 27.8 Å². The molecule has 2 atom stereocenters. The van der Waals surface area contributed by atoms with Crippen molar-refractivity contribution in [3.8, 4) is 0 Å². The van der Waals surface area contributed by atoms with Gasteiger partial charge in [-0.05, 0) is 31.2 Å². The number of fused-ring (bicyclic) bond motifs is 2. The molecule has 0 N–H and O–H groups in total. The first kappa shape index (κ1) is 22.2. The van der Waals surface area contributed by atoms with E-state index in [1.165, 1.54) is 28.8 Å². The topological polar surface area (TPSA) is 53.1 Å². The summed E-state index contributed by atoms with van der Waals surface area (Å²) in [5, 5.41) is -0.597. The molecular weight excluding hydrogens is 455 g/mol. The van der Waals surface area contributed by atoms with Gasteiger partial charge in [-0.1, -0.05) is 24.3 Å². The summed E-state index contributed by atoms with van der Waals surface area (Å²) in [5.41, 5.74) is 0.475. The lowest BCUT2D eigenvalue weighted by Gasteiger charge is -2.35. The van der Waals surface area contributed by atoms with Gasteiger partial charge in [-0.3, -0.25) is 24.3 Å². The van der Waals surface area contributed by atoms with E-state index in [4.69, 9.17) is 4.74 Å². The van der Waals surface area contributed by atoms with Crippen LogP contribution in [0.15, 0.2) is 48.5 Å². The van der Waals surface area contributed by atoms with Crippen molar-refractivity contribution in [1.82, 2.24) is 4.90 Å². The number of rotatable bonds is 3. The van der Waals surface area contributed by atoms with Gasteiger partial charge in [-0.15, -0.1) is 11.8 Å². The molecule has 2 amide bonds. The highest BCUT2D eigenvalue weighted by Crippen LogP contribution is 2.58. The third kappa shape index (κ3) is 3.51. The highest BCUT2D eigenvalue weighted by molar-refractivity contribution is 8.03. The minimum atomic E-state index is -4.56. The average molecular weight is 478 g/mol. The zero-order valence-corrected chi connectivity index (χ0v) is 18.7. The van der Waals surface area contributed by atoms with Gasteiger partial charge < -0.3 is 4.74 Å². The van der Waals surface area contributed by atoms with Gasteiger partial charge in [0.1, 0.15) is 0 Å². The second kappa shape index (κ2) is 8.03. The van der Waals surface area contributed by atoms with Gasteiger partial charge in [0.25, 0.3) is 5.91 Å². The maximum Gasteiger partial charge on any atom is 0.416 e. The number of halogens is 3. The van der Waals surface area contributed by atoms with Gasteiger partial charge in [0.2, 0.25) is 10.8 Å². The number of hydrogen-bond acceptors (Lipinski definition) is 5. The number of hydrogen-bond donors (Lipinski definition) is 0. The molecule has 2 saturated heterocycles. The van der Waals surface area contributed by atoms with E-state index in [0.29, 0.717) is 44.2 Å². The van der Waals surface area contributed by atoms with Crippen molar-refractivity contribution < 1.29 is 27.5 Å². The number of morpholine rings is 1. The second-order valence-corrected chi connectivity index (χ2v) is 9.78. The molecule has 33 heavy (non-hydrogen) atoms. The van der Waals surface area contributed by atoms with E-state index in [1.807, 2.05) is 12.1 Å². The number of benzene rings is 2. The molecule has 1 spiro atoms. The van der Waals surface area contributed by atoms with Crippen LogP contribution in [0.1, 0.15) is 18.1 Å². The molecule has 0 unspecified atom stereocenters. The first-order valence-corrected chi connectivity index (χ1v) is 11.5. The molecule has 0 saturated carbocycles. The van der Waals surface area contributed by atoms with Crippen LogP contribution in [0, 0.1) is 0 Å². The summed E-state index contributed by atoms with van der Waals surface area (Å²) < 4.78 is 45.7. The largest absolute Gasteiger partial charge is 0.416 e. The summed E-state index contributed by atoms with van der Waals surface area (Å²) in [5.74, 6) is -0.717. The Kier molecular flexibility index (Phi) is 5.42. The van der Waals surface area contributed by atoms with Crippen LogP contribution in [-0.4, -0.2) is 54.9 Å². The van der Waals surface area contributed by atoms with Gasteiger partial charge in [0.15, 0.2) is 0 Å². The molecule has 10 heteroatoms. The zero-order valence-electron chi connectivity index (χ0n) is 17.8. The molecule has 6 nitrogen and oxygen atoms in total. The van der Waals surface area contributed by atoms with Crippen molar-refractivity contribution in [3.05, 3.63) is 59.7 Å². The summed E-state index contributed by atoms with van der Waals surface area (Å²) in [7, 11) is 0. The van der Waals surface area contributed by atoms with Crippen LogP contribution in [0.5, 0.6) is 0 Å². The van der Waals surface area contributed by atoms with Crippen LogP contribution >= 0.6 is 11.8 Å². The van der Waals surface area contributed by atoms with E-state index >= 15 is 0 Å². The van der Waals surface area contributed by atoms with Crippen molar-refractivity contribution in [2.75, 3.05) is 42.8 Å². The lowest BCUT2D eigenvalue weighted by atomic mass is 10.0. The Morgan fingerprint density at radius 3 is 2.55 bits per heavy atom. The zero-order chi connectivity index (χ0) is 23.4. The maximum atomic E-state index is 14.0. The van der Waals surface area contributed by atoms with Crippen molar-refractivity contribution in [2.45, 2.75) is 23.2 Å². The molecule has 0 aromatic heterocycles. The lowest BCUT2D eigenvalue weighted by molar-refractivity contribution is -0.137. The average Bonchev–Trinajstić information content (AvgIpc) is 3.20. The number of para-hydroxylation sites is 1. The first-order chi connectivity index (χ1) is 15.7. The fourth-order valence-corrected chi connectivity index (χ4v) is 6.17. The number of carbonyl (C=O) groups excluding carboxylic acids is 2. The highest BCUT2D eigenvalue weighted by Gasteiger charge is 2.63. The SMILES string of the molecule is C[C@H]1S[C@@]2(C(=O)N(CN3CCOCC3)c3ccccc32)N(c2cccc(C(F)(F)F)c2)C1=O. The summed E-state index contributed by atoms with van der Waals surface area (Å²) in [6, 6.07) is 11.8. The van der Waals surface area contributed by atoms with Crippen molar-refractivity contribution in [3.63, 3.8) is 0 Å². The molecule has 3 aliphatic rings. The van der Waals surface area contributed by atoms with Crippen molar-refractivity contribution in [1.29, 1.82) is 0 Å². The van der Waals surface area contributed by atoms with Crippen molar-refractivity contribution >= 4 is 35.0 Å². The predicted molar refractivity (Wildman–Crippen MR) is 119 cm³/mol. The standard InChI is InChI=1S/C23H22F3N3O3S/c1-15-20(30)29(17-6-4-5-16(13-17)23(24,25)26)22(33-15)18-7-2-3-8-19(18)28(21(22)31)14-27-9-11-32-12-10-27/h2-8,13,15H,9-12,14H2,1H3/t15-,22+/m1/s1. The first-order valence-electron chi connectivity index (χ1n) is 10.6. The van der Waals surface area contributed by atoms with Gasteiger partial charge in [0, 0.05) is 24.3 Å². The van der Waals surface area contributed by atoms with Crippen LogP contribution in [-0.2, 0) is 25.4 Å². The molecule has 5 rings (SSSR count). The number of thioether (sulfide) groups is 1. The minimum Gasteiger partial charge on any atom is -0.379 e. The fourth-order valence-electron chi connectivity index (χ4n) is 4.64. The monoisotopic (exact) mass is 477 g/mol. The fraction of sp³-hybridized carbons (Fsp3) is 0.391. The Morgan fingerprint density at radius 2 is 1.82 bits per heavy atom. The Labute approximate surface area is 193 Å². The maximum absolute atomic E-state index is 14.0. The third-order valence-electron chi connectivity index (χ3n) is 6.20.